The first-order valence-corrected chi connectivity index (χ1v) is 7.83. The zero-order valence-corrected chi connectivity index (χ0v) is 13.4. The van der Waals surface area contributed by atoms with Crippen LogP contribution in [0.2, 0.25) is 0 Å². The van der Waals surface area contributed by atoms with Crippen LogP contribution in [-0.4, -0.2) is 35.1 Å². The number of benzene rings is 1. The van der Waals surface area contributed by atoms with Crippen molar-refractivity contribution < 1.29 is 13.9 Å². The second-order valence-corrected chi connectivity index (χ2v) is 5.66. The highest BCUT2D eigenvalue weighted by molar-refractivity contribution is 5.99. The highest BCUT2D eigenvalue weighted by Gasteiger charge is 2.15. The maximum atomic E-state index is 14.1. The standard InChI is InChI=1S/C16H20FN5O2/c1-22-7-6-15(21-22)20-16(23)19-11-4-5-14(13(17)9-11)18-10-12-3-2-8-24-12/h4-7,9,12,18H,2-3,8,10H2,1H3,(H2,19,20,21,23). The van der Waals surface area contributed by atoms with E-state index in [1.165, 1.54) is 6.07 Å². The van der Waals surface area contributed by atoms with Crippen LogP contribution in [0.4, 0.5) is 26.4 Å². The number of anilines is 3. The molecule has 1 unspecified atom stereocenters. The molecule has 0 radical (unpaired) electrons. The summed E-state index contributed by atoms with van der Waals surface area (Å²) in [5.74, 6) is -0.00560. The van der Waals surface area contributed by atoms with Crippen LogP contribution in [-0.2, 0) is 11.8 Å². The molecule has 1 saturated heterocycles. The molecule has 2 heterocycles. The van der Waals surface area contributed by atoms with E-state index < -0.39 is 11.8 Å². The van der Waals surface area contributed by atoms with Crippen molar-refractivity contribution >= 4 is 23.2 Å². The van der Waals surface area contributed by atoms with E-state index in [0.29, 0.717) is 23.7 Å². The molecule has 0 aliphatic carbocycles. The molecule has 2 aromatic rings. The fourth-order valence-electron chi connectivity index (χ4n) is 2.53. The molecule has 128 valence electrons. The molecule has 0 saturated carbocycles. The van der Waals surface area contributed by atoms with E-state index in [-0.39, 0.29) is 6.10 Å². The van der Waals surface area contributed by atoms with Crippen molar-refractivity contribution in [3.63, 3.8) is 0 Å². The first-order valence-electron chi connectivity index (χ1n) is 7.83. The Morgan fingerprint density at radius 1 is 1.42 bits per heavy atom. The van der Waals surface area contributed by atoms with Gasteiger partial charge in [-0.25, -0.2) is 9.18 Å². The van der Waals surface area contributed by atoms with E-state index >= 15 is 0 Å². The Bertz CT molecular complexity index is 712. The smallest absolute Gasteiger partial charge is 0.324 e. The highest BCUT2D eigenvalue weighted by Crippen LogP contribution is 2.20. The summed E-state index contributed by atoms with van der Waals surface area (Å²) in [4.78, 5) is 11.9. The quantitative estimate of drug-likeness (QED) is 0.786. The van der Waals surface area contributed by atoms with Crippen LogP contribution in [0, 0.1) is 5.82 Å². The fourth-order valence-corrected chi connectivity index (χ4v) is 2.53. The van der Waals surface area contributed by atoms with Gasteiger partial charge in [0.2, 0.25) is 0 Å². The molecule has 2 amide bonds. The lowest BCUT2D eigenvalue weighted by molar-refractivity contribution is 0.120. The van der Waals surface area contributed by atoms with Crippen LogP contribution in [0.25, 0.3) is 0 Å². The zero-order valence-electron chi connectivity index (χ0n) is 13.4. The van der Waals surface area contributed by atoms with Gasteiger partial charge in [-0.3, -0.25) is 10.00 Å². The molecular weight excluding hydrogens is 313 g/mol. The topological polar surface area (TPSA) is 80.2 Å². The summed E-state index contributed by atoms with van der Waals surface area (Å²) in [6.45, 7) is 1.34. The molecular formula is C16H20FN5O2. The Morgan fingerprint density at radius 2 is 2.29 bits per heavy atom. The normalized spacial score (nSPS) is 16.8. The molecule has 0 bridgehead atoms. The Kier molecular flexibility index (Phi) is 4.95. The number of nitrogens with zero attached hydrogens (tertiary/aromatic N) is 2. The number of urea groups is 1. The molecule has 7 nitrogen and oxygen atoms in total. The van der Waals surface area contributed by atoms with Crippen LogP contribution in [0.15, 0.2) is 30.5 Å². The monoisotopic (exact) mass is 333 g/mol. The van der Waals surface area contributed by atoms with Crippen molar-refractivity contribution in [1.29, 1.82) is 0 Å². The largest absolute Gasteiger partial charge is 0.380 e. The lowest BCUT2D eigenvalue weighted by Gasteiger charge is -2.13. The number of nitrogens with one attached hydrogen (secondary N) is 3. The molecule has 3 N–H and O–H groups in total. The summed E-state index contributed by atoms with van der Waals surface area (Å²) in [6.07, 6.45) is 3.88. The summed E-state index contributed by atoms with van der Waals surface area (Å²) in [7, 11) is 1.75. The van der Waals surface area contributed by atoms with Gasteiger partial charge in [0, 0.05) is 38.1 Å². The first-order chi connectivity index (χ1) is 11.6. The maximum Gasteiger partial charge on any atom is 0.324 e. The van der Waals surface area contributed by atoms with Crippen molar-refractivity contribution in [2.24, 2.45) is 7.05 Å². The minimum Gasteiger partial charge on any atom is -0.380 e. The number of hydrogen-bond donors (Lipinski definition) is 3. The van der Waals surface area contributed by atoms with Gasteiger partial charge in [0.25, 0.3) is 0 Å². The summed E-state index contributed by atoms with van der Waals surface area (Å²) < 4.78 is 21.2. The zero-order chi connectivity index (χ0) is 16.9. The maximum absolute atomic E-state index is 14.1. The van der Waals surface area contributed by atoms with Crippen molar-refractivity contribution in [2.45, 2.75) is 18.9 Å². The molecule has 1 aromatic heterocycles. The van der Waals surface area contributed by atoms with Crippen LogP contribution in [0.3, 0.4) is 0 Å². The summed E-state index contributed by atoms with van der Waals surface area (Å²) in [5.41, 5.74) is 0.754. The Balaban J connectivity index is 1.54. The molecule has 3 rings (SSSR count). The summed E-state index contributed by atoms with van der Waals surface area (Å²) in [6, 6.07) is 5.70. The Labute approximate surface area is 139 Å². The number of halogens is 1. The van der Waals surface area contributed by atoms with E-state index in [9.17, 15) is 9.18 Å². The van der Waals surface area contributed by atoms with Gasteiger partial charge in [-0.1, -0.05) is 0 Å². The Hall–Kier alpha value is -2.61. The molecule has 1 fully saturated rings. The third-order valence-electron chi connectivity index (χ3n) is 3.73. The number of aromatic nitrogens is 2. The lowest BCUT2D eigenvalue weighted by Crippen LogP contribution is -2.20. The van der Waals surface area contributed by atoms with Gasteiger partial charge in [0.15, 0.2) is 5.82 Å². The first kappa shape index (κ1) is 16.3. The highest BCUT2D eigenvalue weighted by atomic mass is 19.1. The second-order valence-electron chi connectivity index (χ2n) is 5.66. The SMILES string of the molecule is Cn1ccc(NC(=O)Nc2ccc(NCC3CCCO3)c(F)c2)n1. The molecule has 24 heavy (non-hydrogen) atoms. The van der Waals surface area contributed by atoms with Gasteiger partial charge in [0.1, 0.15) is 5.82 Å². The van der Waals surface area contributed by atoms with E-state index in [2.05, 4.69) is 21.0 Å². The molecule has 8 heteroatoms. The third kappa shape index (κ3) is 4.23. The molecule has 1 aromatic carbocycles. The van der Waals surface area contributed by atoms with E-state index in [4.69, 9.17) is 4.74 Å². The predicted molar refractivity (Wildman–Crippen MR) is 89.7 cm³/mol. The number of hydrogen-bond acceptors (Lipinski definition) is 4. The van der Waals surface area contributed by atoms with Gasteiger partial charge in [0.05, 0.1) is 11.8 Å². The molecule has 1 aliphatic heterocycles. The number of carbonyl (C=O) groups excluding carboxylic acids is 1. The average molecular weight is 333 g/mol. The van der Waals surface area contributed by atoms with E-state index in [1.807, 2.05) is 0 Å². The van der Waals surface area contributed by atoms with Gasteiger partial charge in [-0.15, -0.1) is 0 Å². The van der Waals surface area contributed by atoms with Gasteiger partial charge in [-0.2, -0.15) is 5.10 Å². The summed E-state index contributed by atoms with van der Waals surface area (Å²) in [5, 5.41) is 12.2. The lowest BCUT2D eigenvalue weighted by atomic mass is 10.2. The third-order valence-corrected chi connectivity index (χ3v) is 3.73. The number of rotatable bonds is 5. The van der Waals surface area contributed by atoms with Crippen LogP contribution >= 0.6 is 0 Å². The molecule has 1 aliphatic rings. The van der Waals surface area contributed by atoms with Crippen LogP contribution in [0.5, 0.6) is 0 Å². The molecule has 0 spiro atoms. The van der Waals surface area contributed by atoms with Crippen molar-refractivity contribution in [1.82, 2.24) is 9.78 Å². The van der Waals surface area contributed by atoms with Crippen molar-refractivity contribution in [2.75, 3.05) is 29.1 Å². The van der Waals surface area contributed by atoms with E-state index in [1.54, 1.807) is 36.1 Å². The van der Waals surface area contributed by atoms with Crippen LogP contribution < -0.4 is 16.0 Å². The van der Waals surface area contributed by atoms with Gasteiger partial charge < -0.3 is 15.4 Å². The average Bonchev–Trinajstić information content (AvgIpc) is 3.18. The number of carbonyl (C=O) groups is 1. The molecule has 1 atom stereocenters. The summed E-state index contributed by atoms with van der Waals surface area (Å²) >= 11 is 0. The minimum atomic E-state index is -0.479. The number of ether oxygens (including phenoxy) is 1. The van der Waals surface area contributed by atoms with Crippen molar-refractivity contribution in [3.8, 4) is 0 Å². The predicted octanol–water partition coefficient (Wildman–Crippen LogP) is 2.79. The van der Waals surface area contributed by atoms with Gasteiger partial charge >= 0.3 is 6.03 Å². The minimum absolute atomic E-state index is 0.131. The number of amides is 2. The van der Waals surface area contributed by atoms with Gasteiger partial charge in [-0.05, 0) is 31.0 Å². The fraction of sp³-hybridized carbons (Fsp3) is 0.375. The second kappa shape index (κ2) is 7.31. The van der Waals surface area contributed by atoms with E-state index in [0.717, 1.165) is 19.4 Å². The number of aryl methyl sites for hydroxylation is 1. The Morgan fingerprint density at radius 3 is 2.96 bits per heavy atom. The van der Waals surface area contributed by atoms with Crippen molar-refractivity contribution in [3.05, 3.63) is 36.3 Å². The van der Waals surface area contributed by atoms with Crippen LogP contribution in [0.1, 0.15) is 12.8 Å².